The Kier molecular flexibility index (Phi) is 6.53. The number of likely N-dealkylation sites (tertiary alicyclic amines) is 1. The van der Waals surface area contributed by atoms with Crippen LogP contribution in [-0.4, -0.2) is 38.3 Å². The van der Waals surface area contributed by atoms with Gasteiger partial charge in [-0.25, -0.2) is 18.7 Å². The van der Waals surface area contributed by atoms with Gasteiger partial charge in [0, 0.05) is 36.6 Å². The fourth-order valence-corrected chi connectivity index (χ4v) is 4.48. The largest absolute Gasteiger partial charge is 0.335 e. The van der Waals surface area contributed by atoms with Crippen molar-refractivity contribution >= 4 is 5.91 Å². The van der Waals surface area contributed by atoms with Gasteiger partial charge in [-0.15, -0.1) is 0 Å². The van der Waals surface area contributed by atoms with E-state index in [-0.39, 0.29) is 23.6 Å². The molecule has 3 heterocycles. The number of aromatic nitrogens is 3. The van der Waals surface area contributed by atoms with Gasteiger partial charge in [0.15, 0.2) is 5.82 Å². The number of piperidine rings is 1. The second-order valence-corrected chi connectivity index (χ2v) is 8.43. The lowest BCUT2D eigenvalue weighted by molar-refractivity contribution is 0.0499. The van der Waals surface area contributed by atoms with Gasteiger partial charge in [-0.05, 0) is 50.7 Å². The Morgan fingerprint density at radius 2 is 1.94 bits per heavy atom. The molecule has 2 aromatic heterocycles. The van der Waals surface area contributed by atoms with Crippen molar-refractivity contribution in [2.45, 2.75) is 45.6 Å². The number of carbonyl (C=O) groups excluding carboxylic acids is 1. The van der Waals surface area contributed by atoms with Crippen LogP contribution in [0.1, 0.15) is 47.8 Å². The highest BCUT2D eigenvalue weighted by Gasteiger charge is 2.33. The summed E-state index contributed by atoms with van der Waals surface area (Å²) in [6, 6.07) is 8.25. The van der Waals surface area contributed by atoms with Gasteiger partial charge in [-0.2, -0.15) is 0 Å². The third-order valence-corrected chi connectivity index (χ3v) is 6.15. The molecule has 0 spiro atoms. The minimum atomic E-state index is -0.691. The number of nitrogens with zero attached hydrogens (tertiary/aromatic N) is 4. The number of amides is 1. The highest BCUT2D eigenvalue weighted by atomic mass is 19.1. The number of benzene rings is 1. The van der Waals surface area contributed by atoms with Crippen molar-refractivity contribution in [1.29, 1.82) is 0 Å². The van der Waals surface area contributed by atoms with Crippen LogP contribution >= 0.6 is 0 Å². The molecule has 0 unspecified atom stereocenters. The Balaban J connectivity index is 1.62. The number of hydrogen-bond donors (Lipinski definition) is 0. The summed E-state index contributed by atoms with van der Waals surface area (Å²) in [6.45, 7) is 4.71. The molecule has 0 saturated carbocycles. The topological polar surface area (TPSA) is 59.0 Å². The van der Waals surface area contributed by atoms with Crippen molar-refractivity contribution in [2.24, 2.45) is 5.92 Å². The Labute approximate surface area is 186 Å². The van der Waals surface area contributed by atoms with Crippen LogP contribution in [0.3, 0.4) is 0 Å². The molecule has 1 amide bonds. The van der Waals surface area contributed by atoms with Gasteiger partial charge in [-0.1, -0.05) is 24.6 Å². The van der Waals surface area contributed by atoms with Gasteiger partial charge < -0.3 is 4.90 Å². The quantitative estimate of drug-likeness (QED) is 0.565. The normalized spacial score (nSPS) is 18.6. The summed E-state index contributed by atoms with van der Waals surface area (Å²) in [4.78, 5) is 28.2. The molecule has 1 aromatic carbocycles. The van der Waals surface area contributed by atoms with E-state index in [0.29, 0.717) is 36.3 Å². The van der Waals surface area contributed by atoms with Crippen molar-refractivity contribution in [1.82, 2.24) is 19.9 Å². The van der Waals surface area contributed by atoms with E-state index in [1.54, 1.807) is 18.5 Å². The molecular formula is C25H26F2N4O. The van der Waals surface area contributed by atoms with E-state index in [2.05, 4.69) is 21.9 Å². The van der Waals surface area contributed by atoms with Crippen molar-refractivity contribution in [3.8, 4) is 11.4 Å². The van der Waals surface area contributed by atoms with E-state index >= 15 is 0 Å². The molecule has 4 rings (SSSR count). The van der Waals surface area contributed by atoms with E-state index in [0.717, 1.165) is 30.7 Å². The summed E-state index contributed by atoms with van der Waals surface area (Å²) in [7, 11) is 0. The van der Waals surface area contributed by atoms with Gasteiger partial charge in [-0.3, -0.25) is 9.78 Å². The van der Waals surface area contributed by atoms with Crippen molar-refractivity contribution in [2.75, 3.05) is 6.54 Å². The van der Waals surface area contributed by atoms with Crippen molar-refractivity contribution in [3.63, 3.8) is 0 Å². The van der Waals surface area contributed by atoms with E-state index in [1.807, 2.05) is 30.0 Å². The van der Waals surface area contributed by atoms with Crippen LogP contribution in [-0.2, 0) is 6.42 Å². The van der Waals surface area contributed by atoms with Gasteiger partial charge in [0.2, 0.25) is 0 Å². The molecule has 3 aromatic rings. The van der Waals surface area contributed by atoms with Crippen LogP contribution in [0.2, 0.25) is 0 Å². The van der Waals surface area contributed by atoms with Gasteiger partial charge >= 0.3 is 0 Å². The lowest BCUT2D eigenvalue weighted by Crippen LogP contribution is -2.48. The predicted octanol–water partition coefficient (Wildman–Crippen LogP) is 5.00. The first kappa shape index (κ1) is 22.0. The highest BCUT2D eigenvalue weighted by Crippen LogP contribution is 2.31. The Hall–Kier alpha value is -3.22. The maximum atomic E-state index is 14.1. The monoisotopic (exact) mass is 436 g/mol. The molecule has 32 heavy (non-hydrogen) atoms. The number of carbonyl (C=O) groups is 1. The molecule has 0 N–H and O–H groups in total. The summed E-state index contributed by atoms with van der Waals surface area (Å²) in [5.41, 5.74) is 2.48. The van der Waals surface area contributed by atoms with Crippen LogP contribution in [0.4, 0.5) is 8.78 Å². The van der Waals surface area contributed by atoms with Crippen molar-refractivity contribution < 1.29 is 13.6 Å². The minimum Gasteiger partial charge on any atom is -0.335 e. The standard InChI is InChI=1S/C25H26F2N4O/c1-16-6-7-19(24-28-10-4-11-29-24)20(13-16)25(32)31-12-3-5-17(2)23(31)9-8-22-21(27)14-18(26)15-30-22/h4,6-7,10-11,13-15,17,23H,3,5,8-9,12H2,1-2H3/t17-,23-/m1/s1. The third kappa shape index (κ3) is 4.66. The number of aryl methyl sites for hydroxylation is 2. The molecule has 7 heteroatoms. The Morgan fingerprint density at radius 3 is 2.69 bits per heavy atom. The van der Waals surface area contributed by atoms with E-state index in [4.69, 9.17) is 0 Å². The SMILES string of the molecule is Cc1ccc(-c2ncccn2)c(C(=O)N2CCC[C@@H](C)[C@H]2CCc2ncc(F)cc2F)c1. The maximum Gasteiger partial charge on any atom is 0.254 e. The number of halogens is 2. The average Bonchev–Trinajstić information content (AvgIpc) is 2.79. The predicted molar refractivity (Wildman–Crippen MR) is 118 cm³/mol. The lowest BCUT2D eigenvalue weighted by Gasteiger charge is -2.40. The minimum absolute atomic E-state index is 0.0624. The second kappa shape index (κ2) is 9.51. The number of rotatable bonds is 5. The zero-order valence-corrected chi connectivity index (χ0v) is 18.3. The van der Waals surface area contributed by atoms with E-state index < -0.39 is 11.6 Å². The lowest BCUT2D eigenvalue weighted by atomic mass is 9.86. The number of hydrogen-bond acceptors (Lipinski definition) is 4. The molecule has 0 radical (unpaired) electrons. The molecule has 5 nitrogen and oxygen atoms in total. The molecular weight excluding hydrogens is 410 g/mol. The summed E-state index contributed by atoms with van der Waals surface area (Å²) in [6.07, 6.45) is 7.16. The number of pyridine rings is 1. The van der Waals surface area contributed by atoms with Gasteiger partial charge in [0.1, 0.15) is 11.6 Å². The van der Waals surface area contributed by atoms with Crippen LogP contribution < -0.4 is 0 Å². The first-order chi connectivity index (χ1) is 15.4. The second-order valence-electron chi connectivity index (χ2n) is 8.43. The van der Waals surface area contributed by atoms with Crippen molar-refractivity contribution in [3.05, 3.63) is 77.4 Å². The Morgan fingerprint density at radius 1 is 1.16 bits per heavy atom. The summed E-state index contributed by atoms with van der Waals surface area (Å²) >= 11 is 0. The average molecular weight is 437 g/mol. The molecule has 1 saturated heterocycles. The Bertz CT molecular complexity index is 1110. The molecule has 2 atom stereocenters. The molecule has 1 aliphatic heterocycles. The van der Waals surface area contributed by atoms with Gasteiger partial charge in [0.25, 0.3) is 5.91 Å². The molecule has 0 aliphatic carbocycles. The zero-order valence-electron chi connectivity index (χ0n) is 18.3. The van der Waals surface area contributed by atoms with Crippen LogP contribution in [0, 0.1) is 24.5 Å². The molecule has 1 aliphatic rings. The maximum absolute atomic E-state index is 14.1. The fraction of sp³-hybridized carbons (Fsp3) is 0.360. The summed E-state index contributed by atoms with van der Waals surface area (Å²) < 4.78 is 27.3. The summed E-state index contributed by atoms with van der Waals surface area (Å²) in [5.74, 6) is -0.634. The van der Waals surface area contributed by atoms with Gasteiger partial charge in [0.05, 0.1) is 17.5 Å². The first-order valence-corrected chi connectivity index (χ1v) is 10.9. The zero-order chi connectivity index (χ0) is 22.7. The van der Waals surface area contributed by atoms with Crippen LogP contribution in [0.15, 0.2) is 48.9 Å². The highest BCUT2D eigenvalue weighted by molar-refractivity contribution is 6.00. The first-order valence-electron chi connectivity index (χ1n) is 10.9. The van der Waals surface area contributed by atoms with E-state index in [1.165, 1.54) is 0 Å². The summed E-state index contributed by atoms with van der Waals surface area (Å²) in [5, 5.41) is 0. The van der Waals surface area contributed by atoms with Crippen LogP contribution in [0.5, 0.6) is 0 Å². The molecule has 1 fully saturated rings. The van der Waals surface area contributed by atoms with E-state index in [9.17, 15) is 13.6 Å². The third-order valence-electron chi connectivity index (χ3n) is 6.15. The van der Waals surface area contributed by atoms with Crippen LogP contribution in [0.25, 0.3) is 11.4 Å². The molecule has 0 bridgehead atoms. The molecule has 166 valence electrons. The fourth-order valence-electron chi connectivity index (χ4n) is 4.48. The smallest absolute Gasteiger partial charge is 0.254 e.